The molecule has 1 aliphatic heterocycles. The van der Waals surface area contributed by atoms with Gasteiger partial charge in [0.1, 0.15) is 11.7 Å². The fourth-order valence-electron chi connectivity index (χ4n) is 2.09. The molecule has 0 aromatic carbocycles. The number of piperazine rings is 1. The minimum atomic E-state index is -0.369. The lowest BCUT2D eigenvalue weighted by Gasteiger charge is -2.34. The zero-order valence-corrected chi connectivity index (χ0v) is 10.0. The maximum absolute atomic E-state index is 12.3. The second kappa shape index (κ2) is 4.57. The summed E-state index contributed by atoms with van der Waals surface area (Å²) in [6, 6.07) is 1.30. The van der Waals surface area contributed by atoms with E-state index >= 15 is 0 Å². The molecule has 0 saturated carbocycles. The Morgan fingerprint density at radius 1 is 1.65 bits per heavy atom. The Bertz CT molecular complexity index is 440. The fraction of sp³-hybridized carbons (Fsp3) is 0.545. The fourth-order valence-corrected chi connectivity index (χ4v) is 2.09. The molecule has 0 radical (unpaired) electrons. The van der Waals surface area contributed by atoms with Crippen molar-refractivity contribution in [3.05, 3.63) is 18.0 Å². The number of aryl methyl sites for hydroxylation is 1. The first-order valence-electron chi connectivity index (χ1n) is 5.71. The molecule has 2 heterocycles. The van der Waals surface area contributed by atoms with Gasteiger partial charge in [0.15, 0.2) is 0 Å². The summed E-state index contributed by atoms with van der Waals surface area (Å²) < 4.78 is 1.53. The van der Waals surface area contributed by atoms with Gasteiger partial charge < -0.3 is 10.2 Å². The first kappa shape index (κ1) is 11.6. The van der Waals surface area contributed by atoms with Gasteiger partial charge in [0.05, 0.1) is 0 Å². The molecular weight excluding hydrogens is 220 g/mol. The Kier molecular flexibility index (Phi) is 3.12. The molecule has 2 amide bonds. The number of hydrogen-bond donors (Lipinski definition) is 1. The van der Waals surface area contributed by atoms with Gasteiger partial charge in [0.2, 0.25) is 5.91 Å². The van der Waals surface area contributed by atoms with E-state index in [0.29, 0.717) is 25.2 Å². The van der Waals surface area contributed by atoms with Gasteiger partial charge in [-0.25, -0.2) is 0 Å². The molecule has 2 rings (SSSR count). The zero-order chi connectivity index (χ0) is 12.4. The topological polar surface area (TPSA) is 67.2 Å². The third kappa shape index (κ3) is 2.02. The van der Waals surface area contributed by atoms with Crippen molar-refractivity contribution in [3.8, 4) is 0 Å². The molecule has 1 aromatic heterocycles. The molecular formula is C11H16N4O2. The van der Waals surface area contributed by atoms with Gasteiger partial charge >= 0.3 is 0 Å². The van der Waals surface area contributed by atoms with E-state index in [2.05, 4.69) is 10.4 Å². The van der Waals surface area contributed by atoms with Crippen molar-refractivity contribution < 1.29 is 9.59 Å². The second-order valence-corrected chi connectivity index (χ2v) is 4.05. The van der Waals surface area contributed by atoms with Crippen LogP contribution >= 0.6 is 0 Å². The summed E-state index contributed by atoms with van der Waals surface area (Å²) in [5.41, 5.74) is 0.512. The van der Waals surface area contributed by atoms with Crippen molar-refractivity contribution in [3.63, 3.8) is 0 Å². The van der Waals surface area contributed by atoms with Gasteiger partial charge in [-0.05, 0) is 12.5 Å². The lowest BCUT2D eigenvalue weighted by Crippen LogP contribution is -2.57. The average molecular weight is 236 g/mol. The number of hydrogen-bond acceptors (Lipinski definition) is 3. The molecule has 92 valence electrons. The summed E-state index contributed by atoms with van der Waals surface area (Å²) in [5.74, 6) is -0.207. The molecule has 0 spiro atoms. The molecule has 1 atom stereocenters. The molecule has 6 nitrogen and oxygen atoms in total. The lowest BCUT2D eigenvalue weighted by atomic mass is 10.1. The first-order valence-corrected chi connectivity index (χ1v) is 5.71. The number of aromatic nitrogens is 2. The minimum Gasteiger partial charge on any atom is -0.353 e. The Hall–Kier alpha value is -1.85. The van der Waals surface area contributed by atoms with Crippen molar-refractivity contribution in [1.82, 2.24) is 20.0 Å². The Balaban J connectivity index is 2.24. The maximum Gasteiger partial charge on any atom is 0.272 e. The SMILES string of the molecule is CCC1C(=O)NCCN1C(=O)c1ccnn1C. The smallest absolute Gasteiger partial charge is 0.272 e. The van der Waals surface area contributed by atoms with E-state index in [1.54, 1.807) is 24.2 Å². The van der Waals surface area contributed by atoms with Crippen LogP contribution in [0.25, 0.3) is 0 Å². The van der Waals surface area contributed by atoms with Crippen molar-refractivity contribution in [2.75, 3.05) is 13.1 Å². The van der Waals surface area contributed by atoms with Crippen LogP contribution in [0.3, 0.4) is 0 Å². The van der Waals surface area contributed by atoms with Crippen LogP contribution in [0.5, 0.6) is 0 Å². The second-order valence-electron chi connectivity index (χ2n) is 4.05. The molecule has 6 heteroatoms. The van der Waals surface area contributed by atoms with Gasteiger partial charge in [-0.15, -0.1) is 0 Å². The van der Waals surface area contributed by atoms with Crippen LogP contribution in [0, 0.1) is 0 Å². The molecule has 1 N–H and O–H groups in total. The highest BCUT2D eigenvalue weighted by atomic mass is 16.2. The highest BCUT2D eigenvalue weighted by molar-refractivity contribution is 5.96. The highest BCUT2D eigenvalue weighted by Gasteiger charge is 2.32. The molecule has 0 aliphatic carbocycles. The Morgan fingerprint density at radius 2 is 2.41 bits per heavy atom. The molecule has 1 aromatic rings. The van der Waals surface area contributed by atoms with Crippen LogP contribution in [-0.4, -0.2) is 45.6 Å². The van der Waals surface area contributed by atoms with Gasteiger partial charge in [-0.1, -0.05) is 6.92 Å². The predicted molar refractivity (Wildman–Crippen MR) is 61.3 cm³/mol. The standard InChI is InChI=1S/C11H16N4O2/c1-3-8-10(16)12-6-7-15(8)11(17)9-4-5-13-14(9)2/h4-5,8H,3,6-7H2,1-2H3,(H,12,16). The van der Waals surface area contributed by atoms with E-state index in [-0.39, 0.29) is 17.9 Å². The van der Waals surface area contributed by atoms with E-state index in [9.17, 15) is 9.59 Å². The number of nitrogens with zero attached hydrogens (tertiary/aromatic N) is 3. The van der Waals surface area contributed by atoms with Crippen LogP contribution in [0.15, 0.2) is 12.3 Å². The van der Waals surface area contributed by atoms with Crippen LogP contribution in [0.4, 0.5) is 0 Å². The summed E-state index contributed by atoms with van der Waals surface area (Å²) in [4.78, 5) is 25.6. The van der Waals surface area contributed by atoms with Gasteiger partial charge in [0.25, 0.3) is 5.91 Å². The van der Waals surface area contributed by atoms with Crippen LogP contribution in [0.2, 0.25) is 0 Å². The van der Waals surface area contributed by atoms with Crippen LogP contribution < -0.4 is 5.32 Å². The largest absolute Gasteiger partial charge is 0.353 e. The summed E-state index contributed by atoms with van der Waals surface area (Å²) in [6.07, 6.45) is 2.20. The zero-order valence-electron chi connectivity index (χ0n) is 10.0. The van der Waals surface area contributed by atoms with Gasteiger partial charge in [0, 0.05) is 26.3 Å². The Morgan fingerprint density at radius 3 is 3.00 bits per heavy atom. The van der Waals surface area contributed by atoms with Crippen molar-refractivity contribution in [1.29, 1.82) is 0 Å². The molecule has 1 fully saturated rings. The molecule has 17 heavy (non-hydrogen) atoms. The van der Waals surface area contributed by atoms with E-state index in [4.69, 9.17) is 0 Å². The summed E-state index contributed by atoms with van der Waals surface area (Å²) in [6.45, 7) is 2.96. The normalized spacial score (nSPS) is 20.2. The van der Waals surface area contributed by atoms with Gasteiger partial charge in [-0.2, -0.15) is 5.10 Å². The number of nitrogens with one attached hydrogen (secondary N) is 1. The number of amides is 2. The average Bonchev–Trinajstić information content (AvgIpc) is 2.74. The quantitative estimate of drug-likeness (QED) is 0.771. The van der Waals surface area contributed by atoms with E-state index in [1.165, 1.54) is 4.68 Å². The first-order chi connectivity index (χ1) is 8.15. The molecule has 1 unspecified atom stereocenters. The summed E-state index contributed by atoms with van der Waals surface area (Å²) >= 11 is 0. The molecule has 1 saturated heterocycles. The third-order valence-electron chi connectivity index (χ3n) is 3.02. The van der Waals surface area contributed by atoms with Crippen molar-refractivity contribution in [2.24, 2.45) is 7.05 Å². The van der Waals surface area contributed by atoms with Crippen LogP contribution in [0.1, 0.15) is 23.8 Å². The third-order valence-corrected chi connectivity index (χ3v) is 3.02. The minimum absolute atomic E-state index is 0.0748. The molecule has 1 aliphatic rings. The van der Waals surface area contributed by atoms with Crippen molar-refractivity contribution >= 4 is 11.8 Å². The van der Waals surface area contributed by atoms with E-state index < -0.39 is 0 Å². The van der Waals surface area contributed by atoms with E-state index in [1.807, 2.05) is 6.92 Å². The van der Waals surface area contributed by atoms with Gasteiger partial charge in [-0.3, -0.25) is 14.3 Å². The highest BCUT2D eigenvalue weighted by Crippen LogP contribution is 2.12. The summed E-state index contributed by atoms with van der Waals surface area (Å²) in [5, 5.41) is 6.74. The summed E-state index contributed by atoms with van der Waals surface area (Å²) in [7, 11) is 1.72. The number of rotatable bonds is 2. The van der Waals surface area contributed by atoms with Crippen LogP contribution in [-0.2, 0) is 11.8 Å². The molecule has 0 bridgehead atoms. The van der Waals surface area contributed by atoms with Crippen molar-refractivity contribution in [2.45, 2.75) is 19.4 Å². The predicted octanol–water partition coefficient (Wildman–Crippen LogP) is -0.229. The monoisotopic (exact) mass is 236 g/mol. The Labute approximate surface area is 99.6 Å². The van der Waals surface area contributed by atoms with E-state index in [0.717, 1.165) is 0 Å². The maximum atomic E-state index is 12.3. The number of carbonyl (C=O) groups excluding carboxylic acids is 2. The number of carbonyl (C=O) groups is 2. The lowest BCUT2D eigenvalue weighted by molar-refractivity contribution is -0.127.